The number of rotatable bonds is 6. The zero-order valence-corrected chi connectivity index (χ0v) is 17.1. The lowest BCUT2D eigenvalue weighted by atomic mass is 10.1. The van der Waals surface area contributed by atoms with Gasteiger partial charge in [0.05, 0.1) is 27.3 Å². The fraction of sp³-hybridized carbons (Fsp3) is 0.125. The zero-order valence-electron chi connectivity index (χ0n) is 17.1. The number of fused-ring (bicyclic) bond motifs is 1. The van der Waals surface area contributed by atoms with Crippen LogP contribution in [-0.2, 0) is 17.8 Å². The highest BCUT2D eigenvalue weighted by Gasteiger charge is 2.38. The summed E-state index contributed by atoms with van der Waals surface area (Å²) in [7, 11) is 0. The summed E-state index contributed by atoms with van der Waals surface area (Å²) in [6.07, 6.45) is 0.657. The van der Waals surface area contributed by atoms with Gasteiger partial charge in [-0.15, -0.1) is 0 Å². The molecule has 1 aliphatic heterocycles. The molecule has 1 heterocycles. The molecule has 0 spiro atoms. The van der Waals surface area contributed by atoms with E-state index in [9.17, 15) is 24.5 Å². The summed E-state index contributed by atoms with van der Waals surface area (Å²) in [4.78, 5) is 49.7. The number of esters is 1. The predicted octanol–water partition coefficient (Wildman–Crippen LogP) is 4.31. The van der Waals surface area contributed by atoms with Crippen LogP contribution in [0.1, 0.15) is 49.1 Å². The third-order valence-electron chi connectivity index (χ3n) is 5.25. The molecule has 0 atom stereocenters. The van der Waals surface area contributed by atoms with Gasteiger partial charge in [0.25, 0.3) is 17.5 Å². The second-order valence-corrected chi connectivity index (χ2v) is 7.19. The predicted molar refractivity (Wildman–Crippen MR) is 116 cm³/mol. The molecule has 3 aromatic carbocycles. The van der Waals surface area contributed by atoms with Gasteiger partial charge in [0, 0.05) is 12.1 Å². The first kappa shape index (κ1) is 20.9. The number of amides is 2. The number of non-ortho nitro benzene ring substituents is 1. The molecule has 0 saturated heterocycles. The number of hydrogen-bond acceptors (Lipinski definition) is 6. The first-order valence-electron chi connectivity index (χ1n) is 9.92. The van der Waals surface area contributed by atoms with Crippen LogP contribution in [0.5, 0.6) is 0 Å². The van der Waals surface area contributed by atoms with Gasteiger partial charge in [0.2, 0.25) is 0 Å². The largest absolute Gasteiger partial charge is 0.457 e. The highest BCUT2D eigenvalue weighted by molar-refractivity contribution is 6.34. The molecular weight excluding hydrogens is 412 g/mol. The Labute approximate surface area is 183 Å². The van der Waals surface area contributed by atoms with E-state index in [0.717, 1.165) is 10.5 Å². The minimum Gasteiger partial charge on any atom is -0.457 e. The monoisotopic (exact) mass is 430 g/mol. The van der Waals surface area contributed by atoms with Crippen molar-refractivity contribution in [2.24, 2.45) is 0 Å². The molecule has 160 valence electrons. The maximum atomic E-state index is 13.0. The van der Waals surface area contributed by atoms with Crippen molar-refractivity contribution in [3.05, 3.63) is 105 Å². The number of ether oxygens (including phenoxy) is 1. The number of aryl methyl sites for hydroxylation is 1. The van der Waals surface area contributed by atoms with Crippen LogP contribution in [0.2, 0.25) is 0 Å². The molecule has 0 aliphatic carbocycles. The van der Waals surface area contributed by atoms with Gasteiger partial charge in [0.15, 0.2) is 0 Å². The van der Waals surface area contributed by atoms with Gasteiger partial charge in [-0.3, -0.25) is 19.7 Å². The van der Waals surface area contributed by atoms with Crippen molar-refractivity contribution in [3.63, 3.8) is 0 Å². The molecular formula is C24H18N2O6. The zero-order chi connectivity index (χ0) is 22.8. The summed E-state index contributed by atoms with van der Waals surface area (Å²) in [6, 6.07) is 17.1. The van der Waals surface area contributed by atoms with E-state index in [1.165, 1.54) is 42.5 Å². The van der Waals surface area contributed by atoms with Crippen LogP contribution < -0.4 is 4.90 Å². The van der Waals surface area contributed by atoms with E-state index in [2.05, 4.69) is 0 Å². The molecule has 32 heavy (non-hydrogen) atoms. The average Bonchev–Trinajstić information content (AvgIpc) is 3.06. The molecule has 0 radical (unpaired) electrons. The molecule has 0 bridgehead atoms. The standard InChI is InChI=1S/C24H18N2O6/c1-2-16-5-3-4-6-21(16)25-22(27)19-12-9-17(13-20(19)23(25)28)24(29)32-14-15-7-10-18(11-8-15)26(30)31/h3-13H,2,14H2,1H3. The minimum atomic E-state index is -0.668. The molecule has 1 aliphatic rings. The number of imide groups is 1. The molecule has 0 saturated carbocycles. The number of hydrogen-bond donors (Lipinski definition) is 0. The van der Waals surface area contributed by atoms with E-state index < -0.39 is 22.7 Å². The summed E-state index contributed by atoms with van der Waals surface area (Å²) in [6.45, 7) is 1.85. The Bertz CT molecular complexity index is 1250. The Kier molecular flexibility index (Phi) is 5.51. The highest BCUT2D eigenvalue weighted by Crippen LogP contribution is 2.31. The lowest BCUT2D eigenvalue weighted by Gasteiger charge is -2.17. The van der Waals surface area contributed by atoms with Crippen molar-refractivity contribution >= 4 is 29.2 Å². The van der Waals surface area contributed by atoms with Gasteiger partial charge < -0.3 is 4.74 Å². The number of carbonyl (C=O) groups is 3. The number of nitrogens with zero attached hydrogens (tertiary/aromatic N) is 2. The van der Waals surface area contributed by atoms with E-state index >= 15 is 0 Å². The van der Waals surface area contributed by atoms with Crippen molar-refractivity contribution in [2.45, 2.75) is 20.0 Å². The fourth-order valence-corrected chi connectivity index (χ4v) is 3.56. The summed E-state index contributed by atoms with van der Waals surface area (Å²) < 4.78 is 5.27. The molecule has 0 unspecified atom stereocenters. The van der Waals surface area contributed by atoms with Gasteiger partial charge in [-0.1, -0.05) is 25.1 Å². The molecule has 0 aromatic heterocycles. The van der Waals surface area contributed by atoms with Gasteiger partial charge in [0.1, 0.15) is 6.61 Å². The molecule has 8 heteroatoms. The van der Waals surface area contributed by atoms with Crippen molar-refractivity contribution in [2.75, 3.05) is 4.90 Å². The number of nitro benzene ring substituents is 1. The number of nitro groups is 1. The van der Waals surface area contributed by atoms with Gasteiger partial charge in [-0.2, -0.15) is 0 Å². The Morgan fingerprint density at radius 3 is 2.34 bits per heavy atom. The van der Waals surface area contributed by atoms with E-state index in [4.69, 9.17) is 4.74 Å². The van der Waals surface area contributed by atoms with Crippen LogP contribution in [0.25, 0.3) is 0 Å². The highest BCUT2D eigenvalue weighted by atomic mass is 16.6. The Balaban J connectivity index is 1.53. The Hall–Kier alpha value is -4.33. The lowest BCUT2D eigenvalue weighted by molar-refractivity contribution is -0.384. The van der Waals surface area contributed by atoms with Crippen LogP contribution in [0.4, 0.5) is 11.4 Å². The first-order chi connectivity index (χ1) is 15.4. The van der Waals surface area contributed by atoms with Crippen molar-refractivity contribution < 1.29 is 24.0 Å². The van der Waals surface area contributed by atoms with E-state index in [0.29, 0.717) is 17.7 Å². The minimum absolute atomic E-state index is 0.0592. The first-order valence-corrected chi connectivity index (χ1v) is 9.92. The molecule has 0 N–H and O–H groups in total. The van der Waals surface area contributed by atoms with Crippen molar-refractivity contribution in [3.8, 4) is 0 Å². The van der Waals surface area contributed by atoms with Crippen LogP contribution in [0.3, 0.4) is 0 Å². The fourth-order valence-electron chi connectivity index (χ4n) is 3.56. The van der Waals surface area contributed by atoms with Crippen molar-refractivity contribution in [1.82, 2.24) is 0 Å². The van der Waals surface area contributed by atoms with Gasteiger partial charge in [-0.05, 0) is 53.9 Å². The summed E-state index contributed by atoms with van der Waals surface area (Å²) in [5, 5.41) is 10.7. The topological polar surface area (TPSA) is 107 Å². The summed E-state index contributed by atoms with van der Waals surface area (Å²) >= 11 is 0. The molecule has 2 amide bonds. The number of carbonyl (C=O) groups excluding carboxylic acids is 3. The summed E-state index contributed by atoms with van der Waals surface area (Å²) in [5.41, 5.74) is 2.43. The maximum Gasteiger partial charge on any atom is 0.338 e. The quantitative estimate of drug-likeness (QED) is 0.250. The van der Waals surface area contributed by atoms with E-state index in [-0.39, 0.29) is 29.0 Å². The normalized spacial score (nSPS) is 12.6. The second-order valence-electron chi connectivity index (χ2n) is 7.19. The van der Waals surface area contributed by atoms with Crippen LogP contribution in [0, 0.1) is 10.1 Å². The molecule has 8 nitrogen and oxygen atoms in total. The number of para-hydroxylation sites is 1. The smallest absolute Gasteiger partial charge is 0.338 e. The second kappa shape index (κ2) is 8.43. The van der Waals surface area contributed by atoms with Gasteiger partial charge >= 0.3 is 5.97 Å². The van der Waals surface area contributed by atoms with Crippen LogP contribution in [-0.4, -0.2) is 22.7 Å². The van der Waals surface area contributed by atoms with E-state index in [1.807, 2.05) is 19.1 Å². The SMILES string of the molecule is CCc1ccccc1N1C(=O)c2ccc(C(=O)OCc3ccc([N+](=O)[O-])cc3)cc2C1=O. The third-order valence-corrected chi connectivity index (χ3v) is 5.25. The Morgan fingerprint density at radius 2 is 1.66 bits per heavy atom. The van der Waals surface area contributed by atoms with Crippen LogP contribution in [0.15, 0.2) is 66.7 Å². The van der Waals surface area contributed by atoms with Crippen LogP contribution >= 0.6 is 0 Å². The Morgan fingerprint density at radius 1 is 0.969 bits per heavy atom. The molecule has 3 aromatic rings. The summed E-state index contributed by atoms with van der Waals surface area (Å²) in [5.74, 6) is -1.59. The van der Waals surface area contributed by atoms with E-state index in [1.54, 1.807) is 12.1 Å². The molecule has 4 rings (SSSR count). The van der Waals surface area contributed by atoms with Gasteiger partial charge in [-0.25, -0.2) is 9.69 Å². The third kappa shape index (κ3) is 3.74. The molecule has 0 fully saturated rings. The maximum absolute atomic E-state index is 13.0. The number of anilines is 1. The number of benzene rings is 3. The lowest BCUT2D eigenvalue weighted by Crippen LogP contribution is -2.30. The average molecular weight is 430 g/mol. The van der Waals surface area contributed by atoms with Crippen molar-refractivity contribution in [1.29, 1.82) is 0 Å².